The zero-order valence-corrected chi connectivity index (χ0v) is 21.8. The van der Waals surface area contributed by atoms with Crippen molar-refractivity contribution >= 4 is 23.0 Å². The molecular formula is C33H18F6O4. The molecule has 4 aromatic carbocycles. The van der Waals surface area contributed by atoms with Crippen molar-refractivity contribution in [3.8, 4) is 11.5 Å². The molecule has 4 nitrogen and oxygen atoms in total. The van der Waals surface area contributed by atoms with Gasteiger partial charge in [-0.1, -0.05) is 60.7 Å². The molecule has 0 saturated carbocycles. The predicted molar refractivity (Wildman–Crippen MR) is 145 cm³/mol. The highest BCUT2D eigenvalue weighted by atomic mass is 19.3. The van der Waals surface area contributed by atoms with Crippen LogP contribution < -0.4 is 9.47 Å². The molecule has 0 atom stereocenters. The largest absolute Gasteiger partial charge is 0.451 e. The van der Waals surface area contributed by atoms with Crippen molar-refractivity contribution in [2.24, 2.45) is 0 Å². The minimum atomic E-state index is -5.88. The van der Waals surface area contributed by atoms with Crippen molar-refractivity contribution in [2.45, 2.75) is 17.8 Å². The van der Waals surface area contributed by atoms with Gasteiger partial charge in [0, 0.05) is 0 Å². The molecule has 0 fully saturated rings. The van der Waals surface area contributed by atoms with Crippen LogP contribution in [0.5, 0.6) is 11.5 Å². The summed E-state index contributed by atoms with van der Waals surface area (Å²) in [4.78, 5) is 23.1. The molecule has 1 aliphatic carbocycles. The number of hydrogen-bond donors (Lipinski definition) is 0. The second kappa shape index (κ2) is 11.2. The molecule has 0 N–H and O–H groups in total. The van der Waals surface area contributed by atoms with E-state index in [-0.39, 0.29) is 22.3 Å². The third-order valence-electron chi connectivity index (χ3n) is 6.62. The normalized spacial score (nSPS) is 16.1. The van der Waals surface area contributed by atoms with Crippen molar-refractivity contribution in [1.82, 2.24) is 0 Å². The monoisotopic (exact) mass is 592 g/mol. The second-order valence-corrected chi connectivity index (χ2v) is 9.32. The van der Waals surface area contributed by atoms with Crippen LogP contribution in [0.15, 0.2) is 121 Å². The van der Waals surface area contributed by atoms with Crippen molar-refractivity contribution in [2.75, 3.05) is 0 Å². The van der Waals surface area contributed by atoms with Gasteiger partial charge in [0.1, 0.15) is 23.4 Å². The van der Waals surface area contributed by atoms with Gasteiger partial charge in [-0.05, 0) is 70.8 Å². The SMILES string of the molecule is O=C=C(c1ccccc1)c1ccc(OC2=C(Oc3ccc(C(=C=O)c4ccccc4)cc3)C(F)(F)C(F)(F)C2(F)F)cc1. The number of alkyl halides is 6. The maximum absolute atomic E-state index is 14.8. The Labute approximate surface area is 240 Å². The first-order chi connectivity index (χ1) is 20.5. The quantitative estimate of drug-likeness (QED) is 0.155. The summed E-state index contributed by atoms with van der Waals surface area (Å²) in [6, 6.07) is 25.9. The van der Waals surface area contributed by atoms with Gasteiger partial charge < -0.3 is 9.47 Å². The first-order valence-corrected chi connectivity index (χ1v) is 12.6. The highest BCUT2D eigenvalue weighted by Gasteiger charge is 2.83. The highest BCUT2D eigenvalue weighted by molar-refractivity contribution is 5.97. The van der Waals surface area contributed by atoms with Crippen molar-refractivity contribution in [3.63, 3.8) is 0 Å². The van der Waals surface area contributed by atoms with Gasteiger partial charge in [0.2, 0.25) is 11.5 Å². The molecule has 0 spiro atoms. The Hall–Kier alpha value is -5.30. The molecule has 0 saturated heterocycles. The van der Waals surface area contributed by atoms with E-state index in [2.05, 4.69) is 0 Å². The van der Waals surface area contributed by atoms with Crippen molar-refractivity contribution in [1.29, 1.82) is 0 Å². The van der Waals surface area contributed by atoms with Gasteiger partial charge in [-0.25, -0.2) is 9.59 Å². The summed E-state index contributed by atoms with van der Waals surface area (Å²) >= 11 is 0. The Morgan fingerprint density at radius 1 is 0.465 bits per heavy atom. The van der Waals surface area contributed by atoms with E-state index in [1.54, 1.807) is 72.5 Å². The molecule has 0 unspecified atom stereocenters. The van der Waals surface area contributed by atoms with Gasteiger partial charge in [0.25, 0.3) is 0 Å². The fourth-order valence-electron chi connectivity index (χ4n) is 4.38. The minimum absolute atomic E-state index is 0.114. The molecular weight excluding hydrogens is 574 g/mol. The second-order valence-electron chi connectivity index (χ2n) is 9.32. The van der Waals surface area contributed by atoms with Gasteiger partial charge in [-0.3, -0.25) is 0 Å². The summed E-state index contributed by atoms with van der Waals surface area (Å²) in [5.74, 6) is -18.4. The van der Waals surface area contributed by atoms with E-state index in [9.17, 15) is 35.9 Å². The van der Waals surface area contributed by atoms with Crippen LogP contribution in [-0.4, -0.2) is 29.7 Å². The highest BCUT2D eigenvalue weighted by Crippen LogP contribution is 2.59. The number of rotatable bonds is 8. The van der Waals surface area contributed by atoms with E-state index in [4.69, 9.17) is 9.47 Å². The fraction of sp³-hybridized carbons (Fsp3) is 0.0909. The van der Waals surface area contributed by atoms with Gasteiger partial charge >= 0.3 is 17.8 Å². The van der Waals surface area contributed by atoms with Crippen LogP contribution in [0.25, 0.3) is 11.1 Å². The molecule has 0 amide bonds. The van der Waals surface area contributed by atoms with E-state index in [0.717, 1.165) is 24.3 Å². The summed E-state index contributed by atoms with van der Waals surface area (Å²) in [6.07, 6.45) is 0. The molecule has 0 bridgehead atoms. The average Bonchev–Trinajstić information content (AvgIpc) is 3.10. The summed E-state index contributed by atoms with van der Waals surface area (Å²) in [7, 11) is 0. The lowest BCUT2D eigenvalue weighted by molar-refractivity contribution is -0.273. The predicted octanol–water partition coefficient (Wildman–Crippen LogP) is 7.80. The minimum Gasteiger partial charge on any atom is -0.451 e. The molecule has 10 heteroatoms. The number of hydrogen-bond acceptors (Lipinski definition) is 4. The van der Waals surface area contributed by atoms with Crippen LogP contribution in [-0.2, 0) is 9.59 Å². The molecule has 4 aromatic rings. The molecule has 0 radical (unpaired) electrons. The Morgan fingerprint density at radius 2 is 0.767 bits per heavy atom. The Morgan fingerprint density at radius 3 is 1.07 bits per heavy atom. The lowest BCUT2D eigenvalue weighted by atomic mass is 9.99. The smallest absolute Gasteiger partial charge is 0.387 e. The molecule has 0 aromatic heterocycles. The molecule has 5 rings (SSSR count). The van der Waals surface area contributed by atoms with Crippen LogP contribution in [0.4, 0.5) is 26.3 Å². The lowest BCUT2D eigenvalue weighted by Crippen LogP contribution is -2.50. The third kappa shape index (κ3) is 5.14. The molecule has 0 aliphatic heterocycles. The summed E-state index contributed by atoms with van der Waals surface area (Å²) in [5.41, 5.74) is 1.79. The summed E-state index contributed by atoms with van der Waals surface area (Å²) < 4.78 is 98.0. The Kier molecular flexibility index (Phi) is 7.59. The maximum Gasteiger partial charge on any atom is 0.387 e. The standard InChI is InChI=1S/C33H18F6O4/c34-31(35)29(42-25-15-11-23(12-16-25)27(19-40)21-7-3-1-4-8-21)30(32(36,37)33(31,38)39)43-26-17-13-24(14-18-26)28(20-41)22-9-5-2-6-10-22/h1-18H. The van der Waals surface area contributed by atoms with E-state index in [1.165, 1.54) is 24.3 Å². The average molecular weight is 592 g/mol. The number of allylic oxidation sites excluding steroid dienone is 2. The molecule has 43 heavy (non-hydrogen) atoms. The van der Waals surface area contributed by atoms with E-state index < -0.39 is 40.8 Å². The van der Waals surface area contributed by atoms with Crippen LogP contribution in [0.1, 0.15) is 22.3 Å². The topological polar surface area (TPSA) is 52.6 Å². The van der Waals surface area contributed by atoms with Crippen LogP contribution in [0.2, 0.25) is 0 Å². The van der Waals surface area contributed by atoms with Crippen molar-refractivity contribution in [3.05, 3.63) is 143 Å². The number of carbonyl (C=O) groups excluding carboxylic acids is 2. The van der Waals surface area contributed by atoms with Gasteiger partial charge in [-0.2, -0.15) is 26.3 Å². The van der Waals surface area contributed by atoms with Crippen LogP contribution in [0.3, 0.4) is 0 Å². The fourth-order valence-corrected chi connectivity index (χ4v) is 4.38. The number of ether oxygens (including phenoxy) is 2. The zero-order chi connectivity index (χ0) is 30.8. The maximum atomic E-state index is 14.8. The first kappa shape index (κ1) is 29.2. The lowest BCUT2D eigenvalue weighted by Gasteiger charge is -2.24. The summed E-state index contributed by atoms with van der Waals surface area (Å²) in [5, 5.41) is 0. The van der Waals surface area contributed by atoms with Crippen molar-refractivity contribution < 1.29 is 45.4 Å². The van der Waals surface area contributed by atoms with Crippen LogP contribution >= 0.6 is 0 Å². The van der Waals surface area contributed by atoms with E-state index >= 15 is 0 Å². The van der Waals surface area contributed by atoms with E-state index in [1.807, 2.05) is 0 Å². The molecule has 1 aliphatic rings. The molecule has 0 heterocycles. The van der Waals surface area contributed by atoms with Crippen LogP contribution in [0, 0.1) is 0 Å². The molecule has 216 valence electrons. The van der Waals surface area contributed by atoms with Gasteiger partial charge in [-0.15, -0.1) is 0 Å². The van der Waals surface area contributed by atoms with E-state index in [0.29, 0.717) is 11.1 Å². The van der Waals surface area contributed by atoms with Gasteiger partial charge in [0.05, 0.1) is 11.1 Å². The zero-order valence-electron chi connectivity index (χ0n) is 21.8. The number of halogens is 6. The summed E-state index contributed by atoms with van der Waals surface area (Å²) in [6.45, 7) is 0. The first-order valence-electron chi connectivity index (χ1n) is 12.6. The van der Waals surface area contributed by atoms with Gasteiger partial charge in [0.15, 0.2) is 0 Å². The third-order valence-corrected chi connectivity index (χ3v) is 6.62. The Bertz CT molecular complexity index is 1640. The Balaban J connectivity index is 1.47. The number of benzene rings is 4.